The average molecular weight is 315 g/mol. The SMILES string of the molecule is COCCCNCCC(=O)Nc1cccc(Br)c1. The highest BCUT2D eigenvalue weighted by Crippen LogP contribution is 2.15. The molecule has 1 amide bonds. The predicted molar refractivity (Wildman–Crippen MR) is 76.8 cm³/mol. The number of carbonyl (C=O) groups excluding carboxylic acids is 1. The molecule has 0 aromatic heterocycles. The minimum Gasteiger partial charge on any atom is -0.385 e. The minimum atomic E-state index is 0.0207. The summed E-state index contributed by atoms with van der Waals surface area (Å²) in [5.41, 5.74) is 0.814. The largest absolute Gasteiger partial charge is 0.385 e. The topological polar surface area (TPSA) is 50.4 Å². The highest BCUT2D eigenvalue weighted by atomic mass is 79.9. The third kappa shape index (κ3) is 6.74. The van der Waals surface area contributed by atoms with Crippen molar-refractivity contribution in [3.8, 4) is 0 Å². The van der Waals surface area contributed by atoms with Gasteiger partial charge in [-0.1, -0.05) is 22.0 Å². The highest BCUT2D eigenvalue weighted by molar-refractivity contribution is 9.10. The van der Waals surface area contributed by atoms with Gasteiger partial charge in [0.05, 0.1) is 0 Å². The molecule has 4 nitrogen and oxygen atoms in total. The van der Waals surface area contributed by atoms with Crippen molar-refractivity contribution >= 4 is 27.5 Å². The monoisotopic (exact) mass is 314 g/mol. The Morgan fingerprint density at radius 3 is 2.94 bits per heavy atom. The van der Waals surface area contributed by atoms with Crippen LogP contribution in [0.2, 0.25) is 0 Å². The fourth-order valence-electron chi connectivity index (χ4n) is 1.46. The van der Waals surface area contributed by atoms with E-state index in [-0.39, 0.29) is 5.91 Å². The van der Waals surface area contributed by atoms with Gasteiger partial charge in [-0.2, -0.15) is 0 Å². The van der Waals surface area contributed by atoms with Crippen LogP contribution in [0.4, 0.5) is 5.69 Å². The van der Waals surface area contributed by atoms with E-state index in [1.54, 1.807) is 7.11 Å². The number of anilines is 1. The Morgan fingerprint density at radius 1 is 1.39 bits per heavy atom. The van der Waals surface area contributed by atoms with Gasteiger partial charge in [0, 0.05) is 36.8 Å². The van der Waals surface area contributed by atoms with E-state index in [1.165, 1.54) is 0 Å². The summed E-state index contributed by atoms with van der Waals surface area (Å²) in [4.78, 5) is 11.6. The lowest BCUT2D eigenvalue weighted by molar-refractivity contribution is -0.116. The molecular weight excluding hydrogens is 296 g/mol. The summed E-state index contributed by atoms with van der Waals surface area (Å²) in [7, 11) is 1.69. The summed E-state index contributed by atoms with van der Waals surface area (Å²) in [5, 5.41) is 6.05. The summed E-state index contributed by atoms with van der Waals surface area (Å²) >= 11 is 3.36. The van der Waals surface area contributed by atoms with E-state index in [4.69, 9.17) is 4.74 Å². The molecule has 0 heterocycles. The van der Waals surface area contributed by atoms with Crippen LogP contribution in [0, 0.1) is 0 Å². The molecule has 0 saturated heterocycles. The fourth-order valence-corrected chi connectivity index (χ4v) is 1.86. The molecule has 0 saturated carbocycles. The van der Waals surface area contributed by atoms with E-state index >= 15 is 0 Å². The van der Waals surface area contributed by atoms with E-state index in [1.807, 2.05) is 24.3 Å². The van der Waals surface area contributed by atoms with Crippen molar-refractivity contribution in [1.29, 1.82) is 0 Å². The van der Waals surface area contributed by atoms with Crippen LogP contribution in [0.5, 0.6) is 0 Å². The third-order valence-corrected chi connectivity index (χ3v) is 2.83. The molecule has 100 valence electrons. The number of methoxy groups -OCH3 is 1. The molecule has 18 heavy (non-hydrogen) atoms. The zero-order chi connectivity index (χ0) is 13.2. The molecule has 0 aliphatic rings. The second-order valence-corrected chi connectivity index (χ2v) is 4.82. The van der Waals surface area contributed by atoms with Crippen molar-refractivity contribution in [3.05, 3.63) is 28.7 Å². The van der Waals surface area contributed by atoms with Crippen LogP contribution in [0.3, 0.4) is 0 Å². The molecule has 0 radical (unpaired) electrons. The number of nitrogens with one attached hydrogen (secondary N) is 2. The van der Waals surface area contributed by atoms with Crippen molar-refractivity contribution in [2.45, 2.75) is 12.8 Å². The van der Waals surface area contributed by atoms with Gasteiger partial charge in [-0.15, -0.1) is 0 Å². The van der Waals surface area contributed by atoms with Gasteiger partial charge in [-0.25, -0.2) is 0 Å². The molecule has 0 fully saturated rings. The fraction of sp³-hybridized carbons (Fsp3) is 0.462. The van der Waals surface area contributed by atoms with Crippen LogP contribution in [0.15, 0.2) is 28.7 Å². The molecule has 5 heteroatoms. The van der Waals surface area contributed by atoms with E-state index in [2.05, 4.69) is 26.6 Å². The molecule has 1 aromatic rings. The Hall–Kier alpha value is -0.910. The van der Waals surface area contributed by atoms with Gasteiger partial charge in [-0.05, 0) is 31.2 Å². The summed E-state index contributed by atoms with van der Waals surface area (Å²) in [6.45, 7) is 2.30. The second-order valence-electron chi connectivity index (χ2n) is 3.90. The maximum Gasteiger partial charge on any atom is 0.225 e. The number of halogens is 1. The average Bonchev–Trinajstić information content (AvgIpc) is 2.33. The lowest BCUT2D eigenvalue weighted by Crippen LogP contribution is -2.23. The number of hydrogen-bond donors (Lipinski definition) is 2. The smallest absolute Gasteiger partial charge is 0.225 e. The van der Waals surface area contributed by atoms with Gasteiger partial charge in [0.25, 0.3) is 0 Å². The molecule has 0 bridgehead atoms. The lowest BCUT2D eigenvalue weighted by Gasteiger charge is -2.06. The molecule has 0 aliphatic heterocycles. The van der Waals surface area contributed by atoms with Crippen LogP contribution in [0.1, 0.15) is 12.8 Å². The van der Waals surface area contributed by atoms with E-state index < -0.39 is 0 Å². The molecule has 0 aliphatic carbocycles. The number of ether oxygens (including phenoxy) is 1. The maximum absolute atomic E-state index is 11.6. The molecule has 1 rings (SSSR count). The van der Waals surface area contributed by atoms with Crippen LogP contribution < -0.4 is 10.6 Å². The number of amides is 1. The molecule has 0 unspecified atom stereocenters. The van der Waals surface area contributed by atoms with E-state index in [9.17, 15) is 4.79 Å². The van der Waals surface area contributed by atoms with Crippen molar-refractivity contribution in [2.75, 3.05) is 32.1 Å². The molecular formula is C13H19BrN2O2. The second kappa shape index (κ2) is 9.08. The standard InChI is InChI=1S/C13H19BrN2O2/c1-18-9-3-7-15-8-6-13(17)16-12-5-2-4-11(14)10-12/h2,4-5,10,15H,3,6-9H2,1H3,(H,16,17). The van der Waals surface area contributed by atoms with Crippen molar-refractivity contribution in [1.82, 2.24) is 5.32 Å². The van der Waals surface area contributed by atoms with Crippen LogP contribution in [-0.2, 0) is 9.53 Å². The normalized spacial score (nSPS) is 10.3. The zero-order valence-corrected chi connectivity index (χ0v) is 12.1. The minimum absolute atomic E-state index is 0.0207. The van der Waals surface area contributed by atoms with Crippen molar-refractivity contribution < 1.29 is 9.53 Å². The third-order valence-electron chi connectivity index (χ3n) is 2.34. The number of hydrogen-bond acceptors (Lipinski definition) is 3. The predicted octanol–water partition coefficient (Wildman–Crippen LogP) is 2.40. The molecule has 1 aromatic carbocycles. The molecule has 2 N–H and O–H groups in total. The number of rotatable bonds is 8. The first kappa shape index (κ1) is 15.1. The Kier molecular flexibility index (Phi) is 7.64. The quantitative estimate of drug-likeness (QED) is 0.724. The summed E-state index contributed by atoms with van der Waals surface area (Å²) in [6.07, 6.45) is 1.43. The first-order chi connectivity index (χ1) is 8.72. The van der Waals surface area contributed by atoms with Gasteiger partial charge in [0.2, 0.25) is 5.91 Å². The van der Waals surface area contributed by atoms with Crippen LogP contribution >= 0.6 is 15.9 Å². The lowest BCUT2D eigenvalue weighted by atomic mass is 10.3. The van der Waals surface area contributed by atoms with Gasteiger partial charge in [0.1, 0.15) is 0 Å². The molecule has 0 atom stereocenters. The summed E-state index contributed by atoms with van der Waals surface area (Å²) < 4.78 is 5.89. The van der Waals surface area contributed by atoms with Crippen LogP contribution in [-0.4, -0.2) is 32.7 Å². The van der Waals surface area contributed by atoms with Crippen molar-refractivity contribution in [2.24, 2.45) is 0 Å². The Morgan fingerprint density at radius 2 is 2.22 bits per heavy atom. The highest BCUT2D eigenvalue weighted by Gasteiger charge is 2.01. The number of benzene rings is 1. The first-order valence-electron chi connectivity index (χ1n) is 5.97. The Labute approximate surface area is 116 Å². The number of carbonyl (C=O) groups is 1. The molecule has 0 spiro atoms. The zero-order valence-electron chi connectivity index (χ0n) is 10.5. The summed E-state index contributed by atoms with van der Waals surface area (Å²) in [5.74, 6) is 0.0207. The van der Waals surface area contributed by atoms with Gasteiger partial charge in [-0.3, -0.25) is 4.79 Å². The first-order valence-corrected chi connectivity index (χ1v) is 6.77. The Bertz CT molecular complexity index is 372. The van der Waals surface area contributed by atoms with E-state index in [0.29, 0.717) is 13.0 Å². The maximum atomic E-state index is 11.6. The Balaban J connectivity index is 2.14. The van der Waals surface area contributed by atoms with Gasteiger partial charge >= 0.3 is 0 Å². The van der Waals surface area contributed by atoms with Crippen molar-refractivity contribution in [3.63, 3.8) is 0 Å². The van der Waals surface area contributed by atoms with Gasteiger partial charge in [0.15, 0.2) is 0 Å². The van der Waals surface area contributed by atoms with Gasteiger partial charge < -0.3 is 15.4 Å². The summed E-state index contributed by atoms with van der Waals surface area (Å²) in [6, 6.07) is 7.56. The van der Waals surface area contributed by atoms with E-state index in [0.717, 1.165) is 29.7 Å². The van der Waals surface area contributed by atoms with Crippen LogP contribution in [0.25, 0.3) is 0 Å².